The quantitative estimate of drug-likeness (QED) is 0.702. The molecule has 3 atom stereocenters. The van der Waals surface area contributed by atoms with Crippen LogP contribution in [0, 0.1) is 5.92 Å². The van der Waals surface area contributed by atoms with Gasteiger partial charge in [-0.3, -0.25) is 14.4 Å². The number of nitrogens with zero attached hydrogens (tertiary/aromatic N) is 1. The third-order valence-corrected chi connectivity index (χ3v) is 5.46. The third kappa shape index (κ3) is 6.19. The predicted octanol–water partition coefficient (Wildman–Crippen LogP) is 2.69. The molecule has 0 aromatic heterocycles. The molecular formula is C21H25F3N2O5. The number of piperidine rings is 1. The molecule has 3 rings (SSSR count). The minimum absolute atomic E-state index is 0.0202. The van der Waals surface area contributed by atoms with Crippen molar-refractivity contribution in [3.63, 3.8) is 0 Å². The van der Waals surface area contributed by atoms with E-state index < -0.39 is 24.1 Å². The molecule has 3 unspecified atom stereocenters. The third-order valence-electron chi connectivity index (χ3n) is 5.46. The summed E-state index contributed by atoms with van der Waals surface area (Å²) in [6, 6.07) is 4.17. The SMILES string of the molecule is CC(CCNC(=O)c1ccc(OC(F)(F)F)cc1)CC(=O)N1CCCC2OCC(=O)C21. The van der Waals surface area contributed by atoms with E-state index in [9.17, 15) is 27.6 Å². The van der Waals surface area contributed by atoms with Crippen LogP contribution in [0.15, 0.2) is 24.3 Å². The van der Waals surface area contributed by atoms with Gasteiger partial charge in [0.1, 0.15) is 18.4 Å². The van der Waals surface area contributed by atoms with Gasteiger partial charge in [0.15, 0.2) is 5.78 Å². The molecule has 1 aromatic rings. The van der Waals surface area contributed by atoms with Gasteiger partial charge in [-0.2, -0.15) is 0 Å². The lowest BCUT2D eigenvalue weighted by atomic mass is 9.95. The predicted molar refractivity (Wildman–Crippen MR) is 103 cm³/mol. The maximum Gasteiger partial charge on any atom is 0.573 e. The zero-order valence-electron chi connectivity index (χ0n) is 17.1. The summed E-state index contributed by atoms with van der Waals surface area (Å²) in [5.74, 6) is -0.989. The number of carbonyl (C=O) groups is 3. The van der Waals surface area contributed by atoms with Crippen LogP contribution in [0.4, 0.5) is 13.2 Å². The number of ketones is 1. The second-order valence-corrected chi connectivity index (χ2v) is 7.92. The fraction of sp³-hybridized carbons (Fsp3) is 0.571. The Morgan fingerprint density at radius 3 is 2.68 bits per heavy atom. The molecule has 1 aromatic carbocycles. The van der Waals surface area contributed by atoms with Gasteiger partial charge in [0, 0.05) is 25.1 Å². The van der Waals surface area contributed by atoms with E-state index in [1.165, 1.54) is 12.1 Å². The lowest BCUT2D eigenvalue weighted by molar-refractivity contribution is -0.274. The Morgan fingerprint density at radius 2 is 2.00 bits per heavy atom. The van der Waals surface area contributed by atoms with Crippen LogP contribution in [-0.4, -0.2) is 60.7 Å². The van der Waals surface area contributed by atoms with Crippen molar-refractivity contribution in [1.29, 1.82) is 0 Å². The first-order valence-electron chi connectivity index (χ1n) is 10.2. The molecule has 2 aliphatic rings. The van der Waals surface area contributed by atoms with E-state index in [1.54, 1.807) is 4.90 Å². The summed E-state index contributed by atoms with van der Waals surface area (Å²) in [5.41, 5.74) is 0.206. The smallest absolute Gasteiger partial charge is 0.406 e. The Labute approximate surface area is 177 Å². The number of fused-ring (bicyclic) bond motifs is 1. The fourth-order valence-electron chi connectivity index (χ4n) is 3.93. The van der Waals surface area contributed by atoms with Crippen LogP contribution in [-0.2, 0) is 14.3 Å². The number of hydrogen-bond acceptors (Lipinski definition) is 5. The standard InChI is InChI=1S/C21H25F3N2O5/c1-13(11-18(28)26-10-2-3-17-19(26)16(27)12-30-17)8-9-25-20(29)14-4-6-15(7-5-14)31-21(22,23)24/h4-7,13,17,19H,2-3,8-12H2,1H3,(H,25,29). The summed E-state index contributed by atoms with van der Waals surface area (Å²) in [7, 11) is 0. The van der Waals surface area contributed by atoms with Gasteiger partial charge in [0.2, 0.25) is 5.91 Å². The van der Waals surface area contributed by atoms with Crippen molar-refractivity contribution >= 4 is 17.6 Å². The van der Waals surface area contributed by atoms with Crippen molar-refractivity contribution in [2.45, 2.75) is 51.1 Å². The molecule has 2 saturated heterocycles. The number of rotatable bonds is 7. The number of amides is 2. The van der Waals surface area contributed by atoms with Crippen LogP contribution in [0.2, 0.25) is 0 Å². The number of Topliss-reactive ketones (excluding diaryl/α,β-unsaturated/α-hetero) is 1. The Kier molecular flexibility index (Phi) is 7.19. The molecule has 0 radical (unpaired) electrons. The van der Waals surface area contributed by atoms with Gasteiger partial charge in [0.25, 0.3) is 5.91 Å². The number of benzene rings is 1. The average molecular weight is 442 g/mol. The van der Waals surface area contributed by atoms with Crippen molar-refractivity contribution in [2.75, 3.05) is 19.7 Å². The van der Waals surface area contributed by atoms with Crippen molar-refractivity contribution in [3.8, 4) is 5.75 Å². The molecule has 2 aliphatic heterocycles. The molecule has 0 saturated carbocycles. The number of likely N-dealkylation sites (tertiary alicyclic amines) is 1. The van der Waals surface area contributed by atoms with E-state index in [0.29, 0.717) is 19.5 Å². The van der Waals surface area contributed by atoms with Gasteiger partial charge in [0.05, 0.1) is 6.10 Å². The van der Waals surface area contributed by atoms with Crippen LogP contribution < -0.4 is 10.1 Å². The normalized spacial score (nSPS) is 22.1. The van der Waals surface area contributed by atoms with Crippen LogP contribution in [0.3, 0.4) is 0 Å². The van der Waals surface area contributed by atoms with E-state index in [0.717, 1.165) is 25.0 Å². The first-order valence-corrected chi connectivity index (χ1v) is 10.2. The number of hydrogen-bond donors (Lipinski definition) is 1. The van der Waals surface area contributed by atoms with Gasteiger partial charge in [-0.15, -0.1) is 13.2 Å². The maximum atomic E-state index is 12.7. The summed E-state index contributed by atoms with van der Waals surface area (Å²) in [6.07, 6.45) is -2.60. The van der Waals surface area contributed by atoms with E-state index in [-0.39, 0.29) is 42.3 Å². The van der Waals surface area contributed by atoms with Gasteiger partial charge < -0.3 is 19.7 Å². The summed E-state index contributed by atoms with van der Waals surface area (Å²) in [6.45, 7) is 2.81. The lowest BCUT2D eigenvalue weighted by Crippen LogP contribution is -2.52. The zero-order valence-corrected chi connectivity index (χ0v) is 17.1. The molecule has 2 amide bonds. The van der Waals surface area contributed by atoms with Crippen molar-refractivity contribution < 1.29 is 37.0 Å². The fourth-order valence-corrected chi connectivity index (χ4v) is 3.93. The van der Waals surface area contributed by atoms with Crippen LogP contribution in [0.25, 0.3) is 0 Å². The van der Waals surface area contributed by atoms with E-state index in [2.05, 4.69) is 10.1 Å². The molecule has 1 N–H and O–H groups in total. The largest absolute Gasteiger partial charge is 0.573 e. The van der Waals surface area contributed by atoms with Crippen molar-refractivity contribution in [3.05, 3.63) is 29.8 Å². The van der Waals surface area contributed by atoms with Gasteiger partial charge in [-0.1, -0.05) is 6.92 Å². The van der Waals surface area contributed by atoms with Gasteiger partial charge >= 0.3 is 6.36 Å². The number of alkyl halides is 3. The molecule has 2 fully saturated rings. The van der Waals surface area contributed by atoms with Crippen LogP contribution >= 0.6 is 0 Å². The van der Waals surface area contributed by atoms with Gasteiger partial charge in [-0.05, 0) is 49.4 Å². The molecule has 0 aliphatic carbocycles. The molecular weight excluding hydrogens is 417 g/mol. The Bertz CT molecular complexity index is 812. The molecule has 0 spiro atoms. The number of nitrogens with one attached hydrogen (secondary N) is 1. The summed E-state index contributed by atoms with van der Waals surface area (Å²) >= 11 is 0. The number of halogens is 3. The first kappa shape index (κ1) is 23.1. The van der Waals surface area contributed by atoms with E-state index in [4.69, 9.17) is 4.74 Å². The Hall–Kier alpha value is -2.62. The minimum atomic E-state index is -4.79. The van der Waals surface area contributed by atoms with E-state index in [1.807, 2.05) is 6.92 Å². The topological polar surface area (TPSA) is 84.9 Å². The average Bonchev–Trinajstić information content (AvgIpc) is 3.08. The van der Waals surface area contributed by atoms with Crippen molar-refractivity contribution in [2.24, 2.45) is 5.92 Å². The number of ether oxygens (including phenoxy) is 2. The highest BCUT2D eigenvalue weighted by Gasteiger charge is 2.44. The van der Waals surface area contributed by atoms with Crippen LogP contribution in [0.5, 0.6) is 5.75 Å². The molecule has 170 valence electrons. The molecule has 10 heteroatoms. The highest BCUT2D eigenvalue weighted by atomic mass is 19.4. The number of carbonyl (C=O) groups excluding carboxylic acids is 3. The molecule has 7 nitrogen and oxygen atoms in total. The van der Waals surface area contributed by atoms with E-state index >= 15 is 0 Å². The monoisotopic (exact) mass is 442 g/mol. The van der Waals surface area contributed by atoms with Gasteiger partial charge in [-0.25, -0.2) is 0 Å². The highest BCUT2D eigenvalue weighted by Crippen LogP contribution is 2.27. The molecule has 31 heavy (non-hydrogen) atoms. The second-order valence-electron chi connectivity index (χ2n) is 7.92. The van der Waals surface area contributed by atoms with Crippen LogP contribution in [0.1, 0.15) is 43.0 Å². The maximum absolute atomic E-state index is 12.7. The highest BCUT2D eigenvalue weighted by molar-refractivity contribution is 5.94. The Balaban J connectivity index is 1.42. The summed E-state index contributed by atoms with van der Waals surface area (Å²) in [5, 5.41) is 2.69. The molecule has 2 heterocycles. The first-order chi connectivity index (χ1) is 14.6. The summed E-state index contributed by atoms with van der Waals surface area (Å²) < 4.78 is 45.8. The molecule has 0 bridgehead atoms. The summed E-state index contributed by atoms with van der Waals surface area (Å²) in [4.78, 5) is 38.5. The minimum Gasteiger partial charge on any atom is -0.406 e. The second kappa shape index (κ2) is 9.67. The lowest BCUT2D eigenvalue weighted by Gasteiger charge is -2.36. The van der Waals surface area contributed by atoms with Crippen molar-refractivity contribution in [1.82, 2.24) is 10.2 Å². The zero-order chi connectivity index (χ0) is 22.6. The Morgan fingerprint density at radius 1 is 1.29 bits per heavy atom.